The number of morpholine rings is 1. The van der Waals surface area contributed by atoms with Gasteiger partial charge in [0, 0.05) is 44.8 Å². The van der Waals surface area contributed by atoms with Crippen molar-refractivity contribution in [3.8, 4) is 11.5 Å². The van der Waals surface area contributed by atoms with Gasteiger partial charge in [-0.1, -0.05) is 17.7 Å². The molecular weight excluding hydrogens is 370 g/mol. The van der Waals surface area contributed by atoms with Gasteiger partial charge in [0.05, 0.1) is 25.8 Å². The molecule has 2 fully saturated rings. The van der Waals surface area contributed by atoms with Crippen molar-refractivity contribution in [3.63, 3.8) is 0 Å². The first-order valence-electron chi connectivity index (χ1n) is 10.3. The molecule has 1 aromatic heterocycles. The largest absolute Gasteiger partial charge is 0.419 e. The highest BCUT2D eigenvalue weighted by molar-refractivity contribution is 5.78. The van der Waals surface area contributed by atoms with Crippen LogP contribution in [0.5, 0.6) is 0 Å². The number of rotatable bonds is 5. The summed E-state index contributed by atoms with van der Waals surface area (Å²) in [6.07, 6.45) is 0. The van der Waals surface area contributed by atoms with Crippen molar-refractivity contribution in [2.24, 2.45) is 0 Å². The molecule has 0 aliphatic carbocycles. The fourth-order valence-corrected chi connectivity index (χ4v) is 3.78. The van der Waals surface area contributed by atoms with E-state index in [4.69, 9.17) is 9.15 Å². The Kier molecular flexibility index (Phi) is 6.22. The molecule has 2 aliphatic rings. The van der Waals surface area contributed by atoms with Crippen molar-refractivity contribution in [1.29, 1.82) is 0 Å². The average Bonchev–Trinajstić information content (AvgIpc) is 3.25. The number of benzene rings is 1. The van der Waals surface area contributed by atoms with E-state index < -0.39 is 0 Å². The summed E-state index contributed by atoms with van der Waals surface area (Å²) < 4.78 is 11.3. The highest BCUT2D eigenvalue weighted by Crippen LogP contribution is 2.25. The zero-order valence-corrected chi connectivity index (χ0v) is 17.2. The molecule has 8 heteroatoms. The summed E-state index contributed by atoms with van der Waals surface area (Å²) in [5.74, 6) is 1.37. The zero-order valence-electron chi connectivity index (χ0n) is 17.2. The van der Waals surface area contributed by atoms with Crippen LogP contribution in [-0.2, 0) is 9.53 Å². The third kappa shape index (κ3) is 4.83. The Morgan fingerprint density at radius 1 is 1.03 bits per heavy atom. The van der Waals surface area contributed by atoms with Crippen molar-refractivity contribution >= 4 is 5.91 Å². The first-order chi connectivity index (χ1) is 14.1. The number of aryl methyl sites for hydroxylation is 1. The van der Waals surface area contributed by atoms with Crippen LogP contribution in [-0.4, -0.2) is 89.8 Å². The SMILES string of the molecule is Cc1ccc(-c2nnc(C(C)N3CCN(C(=O)CN4CCOCC4)CC3)o2)cc1. The van der Waals surface area contributed by atoms with Crippen molar-refractivity contribution in [1.82, 2.24) is 24.9 Å². The number of hydrogen-bond acceptors (Lipinski definition) is 7. The van der Waals surface area contributed by atoms with Crippen LogP contribution in [0.15, 0.2) is 28.7 Å². The Hall–Kier alpha value is -2.29. The zero-order chi connectivity index (χ0) is 20.2. The minimum absolute atomic E-state index is 0.0261. The maximum absolute atomic E-state index is 12.6. The van der Waals surface area contributed by atoms with Gasteiger partial charge < -0.3 is 14.1 Å². The molecule has 0 spiro atoms. The van der Waals surface area contributed by atoms with Gasteiger partial charge in [-0.2, -0.15) is 0 Å². The van der Waals surface area contributed by atoms with Crippen LogP contribution in [0.4, 0.5) is 0 Å². The van der Waals surface area contributed by atoms with E-state index in [0.717, 1.165) is 44.8 Å². The molecule has 4 rings (SSSR count). The third-order valence-corrected chi connectivity index (χ3v) is 5.77. The number of hydrogen-bond donors (Lipinski definition) is 0. The van der Waals surface area contributed by atoms with Crippen LogP contribution in [0.25, 0.3) is 11.5 Å². The van der Waals surface area contributed by atoms with E-state index in [-0.39, 0.29) is 11.9 Å². The molecule has 0 saturated carbocycles. The Morgan fingerprint density at radius 3 is 2.41 bits per heavy atom. The topological polar surface area (TPSA) is 74.9 Å². The van der Waals surface area contributed by atoms with Crippen LogP contribution in [0.3, 0.4) is 0 Å². The summed E-state index contributed by atoms with van der Waals surface area (Å²) in [4.78, 5) is 19.0. The minimum atomic E-state index is 0.0261. The van der Waals surface area contributed by atoms with Gasteiger partial charge in [0.1, 0.15) is 0 Å². The maximum atomic E-state index is 12.6. The molecule has 0 radical (unpaired) electrons. The number of carbonyl (C=O) groups is 1. The van der Waals surface area contributed by atoms with Crippen molar-refractivity contribution in [2.45, 2.75) is 19.9 Å². The van der Waals surface area contributed by atoms with Gasteiger partial charge in [0.2, 0.25) is 17.7 Å². The van der Waals surface area contributed by atoms with E-state index in [0.29, 0.717) is 31.5 Å². The summed E-state index contributed by atoms with van der Waals surface area (Å²) >= 11 is 0. The van der Waals surface area contributed by atoms with Gasteiger partial charge in [-0.15, -0.1) is 10.2 Å². The number of amides is 1. The third-order valence-electron chi connectivity index (χ3n) is 5.77. The standard InChI is InChI=1S/C21H29N5O3/c1-16-3-5-18(6-4-16)21-23-22-20(29-21)17(2)25-7-9-26(10-8-25)19(27)15-24-11-13-28-14-12-24/h3-6,17H,7-15H2,1-2H3. The number of aromatic nitrogens is 2. The van der Waals surface area contributed by atoms with E-state index in [9.17, 15) is 4.79 Å². The van der Waals surface area contributed by atoms with Crippen molar-refractivity contribution in [2.75, 3.05) is 59.0 Å². The van der Waals surface area contributed by atoms with E-state index in [2.05, 4.69) is 33.8 Å². The first-order valence-corrected chi connectivity index (χ1v) is 10.3. The smallest absolute Gasteiger partial charge is 0.247 e. The molecule has 1 aromatic carbocycles. The van der Waals surface area contributed by atoms with E-state index >= 15 is 0 Å². The van der Waals surface area contributed by atoms with E-state index in [1.807, 2.05) is 29.2 Å². The van der Waals surface area contributed by atoms with Crippen LogP contribution >= 0.6 is 0 Å². The van der Waals surface area contributed by atoms with Gasteiger partial charge >= 0.3 is 0 Å². The van der Waals surface area contributed by atoms with Gasteiger partial charge in [-0.05, 0) is 26.0 Å². The lowest BCUT2D eigenvalue weighted by molar-refractivity contribution is -0.135. The summed E-state index contributed by atoms with van der Waals surface area (Å²) in [5, 5.41) is 8.48. The molecule has 2 aromatic rings. The molecule has 156 valence electrons. The van der Waals surface area contributed by atoms with Gasteiger partial charge in [0.15, 0.2) is 0 Å². The molecule has 1 atom stereocenters. The fraction of sp³-hybridized carbons (Fsp3) is 0.571. The lowest BCUT2D eigenvalue weighted by Crippen LogP contribution is -2.52. The molecule has 0 bridgehead atoms. The second kappa shape index (κ2) is 9.02. The van der Waals surface area contributed by atoms with Crippen LogP contribution < -0.4 is 0 Å². The summed E-state index contributed by atoms with van der Waals surface area (Å²) in [5.41, 5.74) is 2.13. The molecule has 1 unspecified atom stereocenters. The average molecular weight is 399 g/mol. The predicted molar refractivity (Wildman–Crippen MR) is 108 cm³/mol. The number of piperazine rings is 1. The first kappa shape index (κ1) is 20.0. The second-order valence-corrected chi connectivity index (χ2v) is 7.79. The minimum Gasteiger partial charge on any atom is -0.419 e. The molecule has 2 aliphatic heterocycles. The highest BCUT2D eigenvalue weighted by atomic mass is 16.5. The van der Waals surface area contributed by atoms with E-state index in [1.54, 1.807) is 0 Å². The Labute approximate surface area is 171 Å². The lowest BCUT2D eigenvalue weighted by atomic mass is 10.1. The summed E-state index contributed by atoms with van der Waals surface area (Å²) in [7, 11) is 0. The van der Waals surface area contributed by atoms with Crippen molar-refractivity contribution in [3.05, 3.63) is 35.7 Å². The lowest BCUT2D eigenvalue weighted by Gasteiger charge is -2.38. The molecule has 1 amide bonds. The quantitative estimate of drug-likeness (QED) is 0.756. The summed E-state index contributed by atoms with van der Waals surface area (Å²) in [6.45, 7) is 10.8. The molecule has 3 heterocycles. The van der Waals surface area contributed by atoms with Gasteiger partial charge in [0.25, 0.3) is 0 Å². The van der Waals surface area contributed by atoms with Crippen LogP contribution in [0.2, 0.25) is 0 Å². The normalized spacial score (nSPS) is 20.0. The fourth-order valence-electron chi connectivity index (χ4n) is 3.78. The Morgan fingerprint density at radius 2 is 1.72 bits per heavy atom. The van der Waals surface area contributed by atoms with Crippen molar-refractivity contribution < 1.29 is 13.9 Å². The highest BCUT2D eigenvalue weighted by Gasteiger charge is 2.28. The monoisotopic (exact) mass is 399 g/mol. The van der Waals surface area contributed by atoms with Crippen LogP contribution in [0.1, 0.15) is 24.4 Å². The number of carbonyl (C=O) groups excluding carboxylic acids is 1. The number of nitrogens with zero attached hydrogens (tertiary/aromatic N) is 5. The predicted octanol–water partition coefficient (Wildman–Crippen LogP) is 1.58. The second-order valence-electron chi connectivity index (χ2n) is 7.79. The molecule has 29 heavy (non-hydrogen) atoms. The molecule has 8 nitrogen and oxygen atoms in total. The van der Waals surface area contributed by atoms with Gasteiger partial charge in [-0.25, -0.2) is 0 Å². The Balaban J connectivity index is 1.30. The molecule has 0 N–H and O–H groups in total. The maximum Gasteiger partial charge on any atom is 0.247 e. The van der Waals surface area contributed by atoms with Gasteiger partial charge in [-0.3, -0.25) is 14.6 Å². The Bertz CT molecular complexity index is 808. The van der Waals surface area contributed by atoms with Crippen LogP contribution in [0, 0.1) is 6.92 Å². The number of ether oxygens (including phenoxy) is 1. The summed E-state index contributed by atoms with van der Waals surface area (Å²) in [6, 6.07) is 8.09. The molecule has 2 saturated heterocycles. The molecular formula is C21H29N5O3. The van der Waals surface area contributed by atoms with E-state index in [1.165, 1.54) is 5.56 Å².